The van der Waals surface area contributed by atoms with Gasteiger partial charge < -0.3 is 19.1 Å². The number of hydrogen-bond acceptors (Lipinski definition) is 5. The van der Waals surface area contributed by atoms with E-state index in [1.54, 1.807) is 11.2 Å². The standard InChI is InChI=1S/C27H34ClN5O2/c1-18-15-31(26(34)35-27(2,3)4)12-13-32(18)24-23-22(19-8-5-6-9-19)16-33(25(23)30-17-29-24)21-11-7-10-20(28)14-21/h7,10-11,14,16-19H,5-6,8-9,12-13,15H2,1-4H3/t18-/m1/s1. The Labute approximate surface area is 212 Å². The predicted octanol–water partition coefficient (Wildman–Crippen LogP) is 6.18. The Bertz CT molecular complexity index is 1230. The Morgan fingerprint density at radius 3 is 2.60 bits per heavy atom. The fraction of sp³-hybridized carbons (Fsp3) is 0.519. The lowest BCUT2D eigenvalue weighted by molar-refractivity contribution is 0.0218. The number of fused-ring (bicyclic) bond motifs is 1. The molecule has 0 N–H and O–H groups in total. The molecule has 35 heavy (non-hydrogen) atoms. The van der Waals surface area contributed by atoms with E-state index in [0.717, 1.165) is 22.5 Å². The van der Waals surface area contributed by atoms with Crippen LogP contribution in [-0.2, 0) is 4.74 Å². The number of anilines is 1. The molecule has 2 aromatic heterocycles. The van der Waals surface area contributed by atoms with Crippen molar-refractivity contribution in [3.8, 4) is 5.69 Å². The third-order valence-electron chi connectivity index (χ3n) is 7.02. The molecule has 2 fully saturated rings. The quantitative estimate of drug-likeness (QED) is 0.434. The monoisotopic (exact) mass is 495 g/mol. The summed E-state index contributed by atoms with van der Waals surface area (Å²) in [5.74, 6) is 1.45. The first kappa shape index (κ1) is 23.9. The molecule has 1 aromatic carbocycles. The molecule has 2 aliphatic rings. The topological polar surface area (TPSA) is 63.5 Å². The Hall–Kier alpha value is -2.80. The summed E-state index contributed by atoms with van der Waals surface area (Å²) in [6.45, 7) is 9.73. The zero-order valence-electron chi connectivity index (χ0n) is 21.0. The molecule has 0 spiro atoms. The highest BCUT2D eigenvalue weighted by molar-refractivity contribution is 6.30. The number of piperazine rings is 1. The number of amides is 1. The molecule has 8 heteroatoms. The highest BCUT2D eigenvalue weighted by Crippen LogP contribution is 2.42. The van der Waals surface area contributed by atoms with Gasteiger partial charge in [0.15, 0.2) is 0 Å². The van der Waals surface area contributed by atoms with E-state index in [-0.39, 0.29) is 12.1 Å². The van der Waals surface area contributed by atoms with E-state index < -0.39 is 5.60 Å². The molecule has 3 heterocycles. The second-order valence-corrected chi connectivity index (χ2v) is 11.2. The molecule has 1 amide bonds. The van der Waals surface area contributed by atoms with Crippen LogP contribution in [0.5, 0.6) is 0 Å². The van der Waals surface area contributed by atoms with E-state index in [1.807, 2.05) is 39.0 Å². The third kappa shape index (κ3) is 4.83. The molecule has 1 aliphatic heterocycles. The van der Waals surface area contributed by atoms with Gasteiger partial charge in [0, 0.05) is 42.6 Å². The minimum absolute atomic E-state index is 0.0975. The normalized spacial score (nSPS) is 19.5. The molecule has 7 nitrogen and oxygen atoms in total. The molecule has 1 saturated heterocycles. The first-order valence-corrected chi connectivity index (χ1v) is 13.0. The van der Waals surface area contributed by atoms with Crippen molar-refractivity contribution in [2.75, 3.05) is 24.5 Å². The summed E-state index contributed by atoms with van der Waals surface area (Å²) < 4.78 is 7.77. The van der Waals surface area contributed by atoms with Crippen LogP contribution in [-0.4, -0.2) is 56.8 Å². The van der Waals surface area contributed by atoms with E-state index in [9.17, 15) is 4.79 Å². The van der Waals surface area contributed by atoms with Crippen LogP contribution in [0.2, 0.25) is 5.02 Å². The van der Waals surface area contributed by atoms with Crippen molar-refractivity contribution >= 4 is 34.5 Å². The Kier molecular flexibility index (Phi) is 6.38. The second kappa shape index (κ2) is 9.34. The van der Waals surface area contributed by atoms with Gasteiger partial charge in [-0.25, -0.2) is 14.8 Å². The average Bonchev–Trinajstić information content (AvgIpc) is 3.46. The van der Waals surface area contributed by atoms with Gasteiger partial charge in [-0.2, -0.15) is 0 Å². The molecule has 186 valence electrons. The van der Waals surface area contributed by atoms with Gasteiger partial charge in [0.05, 0.1) is 5.39 Å². The van der Waals surface area contributed by atoms with Crippen LogP contribution in [0, 0.1) is 0 Å². The summed E-state index contributed by atoms with van der Waals surface area (Å²) in [6, 6.07) is 8.00. The number of carbonyl (C=O) groups excluding carboxylic acids is 1. The number of halogens is 1. The van der Waals surface area contributed by atoms with E-state index in [2.05, 4.69) is 28.7 Å². The zero-order valence-corrected chi connectivity index (χ0v) is 21.8. The van der Waals surface area contributed by atoms with Crippen molar-refractivity contribution in [1.29, 1.82) is 0 Å². The number of nitrogens with zero attached hydrogens (tertiary/aromatic N) is 5. The van der Waals surface area contributed by atoms with E-state index in [0.29, 0.717) is 30.6 Å². The molecular formula is C27H34ClN5O2. The number of hydrogen-bond donors (Lipinski definition) is 0. The Morgan fingerprint density at radius 1 is 1.14 bits per heavy atom. The number of benzene rings is 1. The summed E-state index contributed by atoms with van der Waals surface area (Å²) in [6.07, 6.45) is 8.52. The van der Waals surface area contributed by atoms with Gasteiger partial charge >= 0.3 is 6.09 Å². The van der Waals surface area contributed by atoms with Gasteiger partial charge in [0.2, 0.25) is 0 Å². The van der Waals surface area contributed by atoms with Crippen molar-refractivity contribution in [3.63, 3.8) is 0 Å². The van der Waals surface area contributed by atoms with Gasteiger partial charge in [-0.15, -0.1) is 0 Å². The van der Waals surface area contributed by atoms with Crippen molar-refractivity contribution in [1.82, 2.24) is 19.4 Å². The first-order chi connectivity index (χ1) is 16.7. The maximum absolute atomic E-state index is 12.7. The summed E-state index contributed by atoms with van der Waals surface area (Å²) >= 11 is 6.33. The first-order valence-electron chi connectivity index (χ1n) is 12.6. The van der Waals surface area contributed by atoms with Gasteiger partial charge in [0.1, 0.15) is 23.4 Å². The van der Waals surface area contributed by atoms with Gasteiger partial charge in [-0.05, 0) is 70.2 Å². The Balaban J connectivity index is 1.53. The number of carbonyl (C=O) groups is 1. The fourth-order valence-corrected chi connectivity index (χ4v) is 5.61. The molecule has 3 aromatic rings. The lowest BCUT2D eigenvalue weighted by Crippen LogP contribution is -2.54. The lowest BCUT2D eigenvalue weighted by Gasteiger charge is -2.41. The maximum atomic E-state index is 12.7. The molecule has 1 saturated carbocycles. The minimum Gasteiger partial charge on any atom is -0.444 e. The smallest absolute Gasteiger partial charge is 0.410 e. The third-order valence-corrected chi connectivity index (χ3v) is 7.26. The summed E-state index contributed by atoms with van der Waals surface area (Å²) in [7, 11) is 0. The van der Waals surface area contributed by atoms with E-state index >= 15 is 0 Å². The van der Waals surface area contributed by atoms with Crippen LogP contribution < -0.4 is 4.90 Å². The average molecular weight is 496 g/mol. The molecule has 1 aliphatic carbocycles. The lowest BCUT2D eigenvalue weighted by atomic mass is 9.97. The molecule has 1 atom stereocenters. The largest absolute Gasteiger partial charge is 0.444 e. The molecule has 0 bridgehead atoms. The highest BCUT2D eigenvalue weighted by atomic mass is 35.5. The second-order valence-electron chi connectivity index (χ2n) is 10.8. The van der Waals surface area contributed by atoms with Crippen LogP contribution in [0.25, 0.3) is 16.7 Å². The van der Waals surface area contributed by atoms with Crippen molar-refractivity contribution in [2.45, 2.75) is 70.9 Å². The fourth-order valence-electron chi connectivity index (χ4n) is 5.42. The van der Waals surface area contributed by atoms with Crippen LogP contribution in [0.1, 0.15) is 64.9 Å². The van der Waals surface area contributed by atoms with E-state index in [4.69, 9.17) is 26.3 Å². The number of aromatic nitrogens is 3. The summed E-state index contributed by atoms with van der Waals surface area (Å²) in [5, 5.41) is 1.82. The van der Waals surface area contributed by atoms with Crippen LogP contribution in [0.4, 0.5) is 10.6 Å². The Morgan fingerprint density at radius 2 is 1.91 bits per heavy atom. The molecule has 0 radical (unpaired) electrons. The predicted molar refractivity (Wildman–Crippen MR) is 140 cm³/mol. The molecule has 5 rings (SSSR count). The highest BCUT2D eigenvalue weighted by Gasteiger charge is 2.33. The zero-order chi connectivity index (χ0) is 24.7. The van der Waals surface area contributed by atoms with Crippen molar-refractivity contribution < 1.29 is 9.53 Å². The van der Waals surface area contributed by atoms with Gasteiger partial charge in [-0.1, -0.05) is 30.5 Å². The maximum Gasteiger partial charge on any atom is 0.410 e. The van der Waals surface area contributed by atoms with Crippen LogP contribution in [0.15, 0.2) is 36.8 Å². The van der Waals surface area contributed by atoms with E-state index in [1.165, 1.54) is 31.2 Å². The SMILES string of the molecule is C[C@@H]1CN(C(=O)OC(C)(C)C)CCN1c1ncnc2c1c(C1CCCC1)cn2-c1cccc(Cl)c1. The van der Waals surface area contributed by atoms with Crippen molar-refractivity contribution in [2.24, 2.45) is 0 Å². The van der Waals surface area contributed by atoms with Crippen LogP contribution >= 0.6 is 11.6 Å². The van der Waals surface area contributed by atoms with Gasteiger partial charge in [0.25, 0.3) is 0 Å². The number of rotatable bonds is 3. The van der Waals surface area contributed by atoms with Gasteiger partial charge in [-0.3, -0.25) is 0 Å². The minimum atomic E-state index is -0.504. The molecular weight excluding hydrogens is 462 g/mol. The van der Waals surface area contributed by atoms with Crippen LogP contribution in [0.3, 0.4) is 0 Å². The number of ether oxygens (including phenoxy) is 1. The summed E-state index contributed by atoms with van der Waals surface area (Å²) in [4.78, 5) is 26.4. The molecule has 0 unspecified atom stereocenters. The summed E-state index contributed by atoms with van der Waals surface area (Å²) in [5.41, 5.74) is 2.71. The van der Waals surface area contributed by atoms with Crippen molar-refractivity contribution in [3.05, 3.63) is 47.4 Å².